The number of ether oxygens (including phenoxy) is 1. The van der Waals surface area contributed by atoms with Gasteiger partial charge in [-0.05, 0) is 43.4 Å². The highest BCUT2D eigenvalue weighted by Crippen LogP contribution is 2.39. The Hall–Kier alpha value is -2.30. The summed E-state index contributed by atoms with van der Waals surface area (Å²) in [5.74, 6) is 0.384. The van der Waals surface area contributed by atoms with Crippen LogP contribution in [0.2, 0.25) is 0 Å². The van der Waals surface area contributed by atoms with Gasteiger partial charge in [0.1, 0.15) is 0 Å². The molecule has 31 heavy (non-hydrogen) atoms. The normalized spacial score (nSPS) is 15.3. The number of aryl methyl sites for hydroxylation is 2. The fraction of sp³-hybridized carbons (Fsp3) is 0.615. The van der Waals surface area contributed by atoms with Gasteiger partial charge in [-0.2, -0.15) is 0 Å². The number of esters is 1. The van der Waals surface area contributed by atoms with E-state index in [-0.39, 0.29) is 5.97 Å². The van der Waals surface area contributed by atoms with Gasteiger partial charge in [0.15, 0.2) is 0 Å². The lowest BCUT2D eigenvalue weighted by atomic mass is 9.94. The highest BCUT2D eigenvalue weighted by Gasteiger charge is 2.29. The van der Waals surface area contributed by atoms with Crippen LogP contribution in [0.5, 0.6) is 0 Å². The zero-order chi connectivity index (χ0) is 21.9. The largest absolute Gasteiger partial charge is 0.466 e. The van der Waals surface area contributed by atoms with Crippen LogP contribution >= 0.6 is 0 Å². The molecule has 1 atom stereocenters. The van der Waals surface area contributed by atoms with E-state index >= 15 is 0 Å². The van der Waals surface area contributed by atoms with E-state index in [2.05, 4.69) is 39.6 Å². The molecular formula is C26H39N3O2. The first-order chi connectivity index (χ1) is 15.2. The number of carbonyl (C=O) groups excluding carboxylic acids is 1. The average Bonchev–Trinajstić information content (AvgIpc) is 3.41. The number of unbranched alkanes of at least 4 members (excludes halogenated alkanes) is 5. The Morgan fingerprint density at radius 3 is 2.74 bits per heavy atom. The SMILES string of the molecule is CCCCCCCCc1ccc2c(c1)C(CCn1ccnc1)CN2CCC(=O)OCC. The number of imidazole rings is 1. The van der Waals surface area contributed by atoms with Crippen molar-refractivity contribution < 1.29 is 9.53 Å². The van der Waals surface area contributed by atoms with E-state index in [0.29, 0.717) is 18.9 Å². The summed E-state index contributed by atoms with van der Waals surface area (Å²) in [6.07, 6.45) is 16.4. The minimum Gasteiger partial charge on any atom is -0.466 e. The Bertz CT molecular complexity index is 788. The molecule has 0 radical (unpaired) electrons. The van der Waals surface area contributed by atoms with Crippen molar-refractivity contribution in [2.75, 3.05) is 24.6 Å². The maximum absolute atomic E-state index is 11.9. The molecule has 0 amide bonds. The number of hydrogen-bond acceptors (Lipinski definition) is 4. The quantitative estimate of drug-likeness (QED) is 0.286. The first-order valence-electron chi connectivity index (χ1n) is 12.2. The molecule has 1 unspecified atom stereocenters. The topological polar surface area (TPSA) is 47.4 Å². The van der Waals surface area contributed by atoms with Crippen molar-refractivity contribution in [3.05, 3.63) is 48.0 Å². The van der Waals surface area contributed by atoms with Gasteiger partial charge in [0.25, 0.3) is 0 Å². The van der Waals surface area contributed by atoms with E-state index in [1.54, 1.807) is 0 Å². The second kappa shape index (κ2) is 12.5. The molecular weight excluding hydrogens is 386 g/mol. The first kappa shape index (κ1) is 23.4. The fourth-order valence-corrected chi connectivity index (χ4v) is 4.59. The number of rotatable bonds is 14. The van der Waals surface area contributed by atoms with E-state index in [1.807, 2.05) is 25.6 Å². The van der Waals surface area contributed by atoms with Gasteiger partial charge in [-0.25, -0.2) is 4.98 Å². The molecule has 1 aromatic heterocycles. The molecule has 1 aliphatic heterocycles. The Labute approximate surface area is 187 Å². The molecule has 0 spiro atoms. The van der Waals surface area contributed by atoms with Crippen LogP contribution in [0.15, 0.2) is 36.9 Å². The Morgan fingerprint density at radius 2 is 1.97 bits per heavy atom. The predicted molar refractivity (Wildman–Crippen MR) is 127 cm³/mol. The van der Waals surface area contributed by atoms with Crippen molar-refractivity contribution >= 4 is 11.7 Å². The molecule has 1 aliphatic rings. The number of carbonyl (C=O) groups is 1. The second-order valence-electron chi connectivity index (χ2n) is 8.70. The summed E-state index contributed by atoms with van der Waals surface area (Å²) in [4.78, 5) is 18.4. The van der Waals surface area contributed by atoms with Crippen LogP contribution < -0.4 is 4.90 Å². The summed E-state index contributed by atoms with van der Waals surface area (Å²) in [6, 6.07) is 7.01. The molecule has 2 aromatic rings. The molecule has 0 bridgehead atoms. The van der Waals surface area contributed by atoms with E-state index in [4.69, 9.17) is 4.74 Å². The summed E-state index contributed by atoms with van der Waals surface area (Å²) >= 11 is 0. The number of fused-ring (bicyclic) bond motifs is 1. The Balaban J connectivity index is 1.62. The molecule has 5 nitrogen and oxygen atoms in total. The Kier molecular flexibility index (Phi) is 9.44. The number of hydrogen-bond donors (Lipinski definition) is 0. The molecule has 2 heterocycles. The third-order valence-electron chi connectivity index (χ3n) is 6.32. The van der Waals surface area contributed by atoms with Crippen molar-refractivity contribution in [1.82, 2.24) is 9.55 Å². The standard InChI is InChI=1S/C26H39N3O2/c1-3-5-6-7-8-9-10-22-11-12-25-24(19-22)23(13-16-28-18-15-27-21-28)20-29(25)17-14-26(30)31-4-2/h11-12,15,18-19,21,23H,3-10,13-14,16-17,20H2,1-2H3. The van der Waals surface area contributed by atoms with Gasteiger partial charge < -0.3 is 14.2 Å². The molecule has 1 aromatic carbocycles. The van der Waals surface area contributed by atoms with Crippen molar-refractivity contribution in [1.29, 1.82) is 0 Å². The van der Waals surface area contributed by atoms with Gasteiger partial charge in [-0.15, -0.1) is 0 Å². The zero-order valence-corrected chi connectivity index (χ0v) is 19.4. The Morgan fingerprint density at radius 1 is 1.13 bits per heavy atom. The van der Waals surface area contributed by atoms with E-state index in [9.17, 15) is 4.79 Å². The highest BCUT2D eigenvalue weighted by atomic mass is 16.5. The van der Waals surface area contributed by atoms with Crippen molar-refractivity contribution in [3.63, 3.8) is 0 Å². The van der Waals surface area contributed by atoms with Crippen LogP contribution in [0.1, 0.15) is 82.3 Å². The van der Waals surface area contributed by atoms with Crippen LogP contribution in [0.25, 0.3) is 0 Å². The smallest absolute Gasteiger partial charge is 0.307 e. The van der Waals surface area contributed by atoms with E-state index in [0.717, 1.165) is 32.5 Å². The molecule has 0 N–H and O–H groups in total. The predicted octanol–water partition coefficient (Wildman–Crippen LogP) is 5.73. The summed E-state index contributed by atoms with van der Waals surface area (Å²) in [5, 5.41) is 0. The van der Waals surface area contributed by atoms with Gasteiger partial charge >= 0.3 is 5.97 Å². The van der Waals surface area contributed by atoms with Gasteiger partial charge in [-0.3, -0.25) is 4.79 Å². The maximum Gasteiger partial charge on any atom is 0.307 e. The summed E-state index contributed by atoms with van der Waals surface area (Å²) in [6.45, 7) is 7.25. The van der Waals surface area contributed by atoms with Crippen LogP contribution in [0.4, 0.5) is 5.69 Å². The number of benzene rings is 1. The molecule has 0 saturated carbocycles. The molecule has 170 valence electrons. The fourth-order valence-electron chi connectivity index (χ4n) is 4.59. The van der Waals surface area contributed by atoms with Crippen LogP contribution in [0, 0.1) is 0 Å². The van der Waals surface area contributed by atoms with Crippen LogP contribution in [-0.4, -0.2) is 35.2 Å². The lowest BCUT2D eigenvalue weighted by Gasteiger charge is -2.19. The minimum absolute atomic E-state index is 0.106. The van der Waals surface area contributed by atoms with Gasteiger partial charge in [0.2, 0.25) is 0 Å². The monoisotopic (exact) mass is 425 g/mol. The third kappa shape index (κ3) is 7.12. The summed E-state index contributed by atoms with van der Waals surface area (Å²) in [5.41, 5.74) is 4.20. The lowest BCUT2D eigenvalue weighted by molar-refractivity contribution is -0.142. The van der Waals surface area contributed by atoms with E-state index in [1.165, 1.54) is 55.3 Å². The van der Waals surface area contributed by atoms with Crippen LogP contribution in [0.3, 0.4) is 0 Å². The number of anilines is 1. The van der Waals surface area contributed by atoms with Crippen molar-refractivity contribution in [2.45, 2.75) is 84.1 Å². The molecule has 0 saturated heterocycles. The maximum atomic E-state index is 11.9. The molecule has 0 aliphatic carbocycles. The van der Waals surface area contributed by atoms with Gasteiger partial charge in [-0.1, -0.05) is 51.2 Å². The molecule has 3 rings (SSSR count). The molecule has 5 heteroatoms. The van der Waals surface area contributed by atoms with Crippen molar-refractivity contribution in [3.8, 4) is 0 Å². The van der Waals surface area contributed by atoms with Crippen LogP contribution in [-0.2, 0) is 22.5 Å². The third-order valence-corrected chi connectivity index (χ3v) is 6.32. The van der Waals surface area contributed by atoms with E-state index < -0.39 is 0 Å². The highest BCUT2D eigenvalue weighted by molar-refractivity contribution is 5.71. The second-order valence-corrected chi connectivity index (χ2v) is 8.70. The minimum atomic E-state index is -0.106. The van der Waals surface area contributed by atoms with Crippen molar-refractivity contribution in [2.24, 2.45) is 0 Å². The van der Waals surface area contributed by atoms with Gasteiger partial charge in [0, 0.05) is 43.6 Å². The summed E-state index contributed by atoms with van der Waals surface area (Å²) < 4.78 is 7.29. The average molecular weight is 426 g/mol. The van der Waals surface area contributed by atoms with Gasteiger partial charge in [0.05, 0.1) is 19.4 Å². The molecule has 0 fully saturated rings. The first-order valence-corrected chi connectivity index (χ1v) is 12.2. The lowest BCUT2D eigenvalue weighted by Crippen LogP contribution is -2.25. The summed E-state index contributed by atoms with van der Waals surface area (Å²) in [7, 11) is 0. The zero-order valence-electron chi connectivity index (χ0n) is 19.4. The number of aromatic nitrogens is 2. The number of nitrogens with zero attached hydrogens (tertiary/aromatic N) is 3.